The van der Waals surface area contributed by atoms with Gasteiger partial charge in [-0.1, -0.05) is 0 Å². The molecule has 0 aliphatic carbocycles. The average Bonchev–Trinajstić information content (AvgIpc) is 0. The van der Waals surface area contributed by atoms with Gasteiger partial charge in [0, 0.05) is 19.5 Å². The van der Waals surface area contributed by atoms with E-state index in [0.717, 1.165) is 0 Å². The molecule has 0 bridgehead atoms. The third kappa shape index (κ3) is 8.82. The van der Waals surface area contributed by atoms with Gasteiger partial charge in [0.2, 0.25) is 0 Å². The molecule has 4 heteroatoms. The van der Waals surface area contributed by atoms with Crippen LogP contribution in [0.3, 0.4) is 0 Å². The average molecular weight is 319 g/mol. The fourth-order valence-electron chi connectivity index (χ4n) is 0. The summed E-state index contributed by atoms with van der Waals surface area (Å²) in [5.74, 6) is 0. The van der Waals surface area contributed by atoms with Gasteiger partial charge in [0.25, 0.3) is 0 Å². The van der Waals surface area contributed by atoms with Crippen molar-refractivity contribution in [2.75, 3.05) is 0 Å². The second kappa shape index (κ2) is 17.7. The molecule has 0 heterocycles. The van der Waals surface area contributed by atoms with Crippen LogP contribution in [0.4, 0.5) is 0 Å². The molecule has 0 saturated heterocycles. The van der Waals surface area contributed by atoms with Gasteiger partial charge >= 0.3 is 59.4 Å². The molecule has 0 nitrogen and oxygen atoms in total. The molecule has 0 aromatic heterocycles. The maximum Gasteiger partial charge on any atom is 0 e. The van der Waals surface area contributed by atoms with E-state index in [1.165, 1.54) is 0 Å². The van der Waals surface area contributed by atoms with E-state index in [1.54, 1.807) is 0 Å². The van der Waals surface area contributed by atoms with Crippen LogP contribution in [-0.2, 0) is 19.5 Å². The van der Waals surface area contributed by atoms with Gasteiger partial charge in [-0.2, -0.15) is 0 Å². The molecule has 0 radical (unpaired) electrons. The summed E-state index contributed by atoms with van der Waals surface area (Å²) in [4.78, 5) is 0. The zero-order valence-electron chi connectivity index (χ0n) is 0.354. The van der Waals surface area contributed by atoms with Crippen LogP contribution in [0.1, 0.15) is 0 Å². The van der Waals surface area contributed by atoms with E-state index in [9.17, 15) is 0 Å². The number of rotatable bonds is 0. The van der Waals surface area contributed by atoms with E-state index < -0.39 is 0 Å². The van der Waals surface area contributed by atoms with Crippen molar-refractivity contribution >= 4 is 59.4 Å². The Hall–Kier alpha value is 2.53. The molecule has 0 rings (SSSR count). The summed E-state index contributed by atoms with van der Waals surface area (Å²) in [5.41, 5.74) is 0. The van der Waals surface area contributed by atoms with Crippen molar-refractivity contribution in [1.29, 1.82) is 0 Å². The van der Waals surface area contributed by atoms with Crippen LogP contribution in [0.2, 0.25) is 0 Å². The summed E-state index contributed by atoms with van der Waals surface area (Å²) in [5, 5.41) is 0. The van der Waals surface area contributed by atoms with Gasteiger partial charge in [0.05, 0.1) is 0 Å². The Bertz CT molecular complexity index is 3.25. The molecule has 0 spiro atoms. The second-order valence-corrected chi connectivity index (χ2v) is 0. The largest absolute Gasteiger partial charge is 0 e. The molecule has 0 amide bonds. The first-order valence-corrected chi connectivity index (χ1v) is 0. The molecule has 0 aromatic rings. The van der Waals surface area contributed by atoms with E-state index in [2.05, 4.69) is 0 Å². The standard InChI is InChI=1S/3Ga.Ru.9H. The molecule has 0 N–H and O–H groups in total. The van der Waals surface area contributed by atoms with Crippen molar-refractivity contribution in [3.63, 3.8) is 0 Å². The smallest absolute Gasteiger partial charge is 0 e. The van der Waals surface area contributed by atoms with Crippen molar-refractivity contribution in [2.24, 2.45) is 0 Å². The predicted octanol–water partition coefficient (Wildman–Crippen LogP) is -3.55. The van der Waals surface area contributed by atoms with Gasteiger partial charge in [0.15, 0.2) is 0 Å². The summed E-state index contributed by atoms with van der Waals surface area (Å²) in [6.07, 6.45) is 0. The first-order chi connectivity index (χ1) is 0. The second-order valence-electron chi connectivity index (χ2n) is 0. The fraction of sp³-hybridized carbons (Fsp3) is 0. The van der Waals surface area contributed by atoms with Crippen LogP contribution >= 0.6 is 0 Å². The molecular formula is H9Ga3Ru. The molecule has 0 aromatic carbocycles. The Labute approximate surface area is 77.8 Å². The van der Waals surface area contributed by atoms with E-state index in [1.807, 2.05) is 0 Å². The van der Waals surface area contributed by atoms with E-state index in [-0.39, 0.29) is 78.8 Å². The SMILES string of the molecule is [GaH3].[GaH3].[GaH3].[Ru]. The van der Waals surface area contributed by atoms with Crippen LogP contribution in [0.5, 0.6) is 0 Å². The van der Waals surface area contributed by atoms with Crippen LogP contribution in [0.25, 0.3) is 0 Å². The summed E-state index contributed by atoms with van der Waals surface area (Å²) in [6, 6.07) is 0. The Morgan fingerprint density at radius 2 is 0.500 bits per heavy atom. The monoisotopic (exact) mass is 318 g/mol. The van der Waals surface area contributed by atoms with E-state index in [0.29, 0.717) is 0 Å². The van der Waals surface area contributed by atoms with Gasteiger partial charge in [-0.3, -0.25) is 0 Å². The topological polar surface area (TPSA) is 0 Å². The summed E-state index contributed by atoms with van der Waals surface area (Å²) in [6.45, 7) is 0. The van der Waals surface area contributed by atoms with Crippen LogP contribution < -0.4 is 0 Å². The van der Waals surface area contributed by atoms with Crippen molar-refractivity contribution < 1.29 is 19.5 Å². The first kappa shape index (κ1) is 31.2. The summed E-state index contributed by atoms with van der Waals surface area (Å²) >= 11 is 0. The molecule has 0 aliphatic rings. The molecule has 0 saturated carbocycles. The number of hydrogen-bond acceptors (Lipinski definition) is 0. The van der Waals surface area contributed by atoms with Crippen molar-refractivity contribution in [3.8, 4) is 0 Å². The van der Waals surface area contributed by atoms with Gasteiger partial charge in [-0.15, -0.1) is 0 Å². The van der Waals surface area contributed by atoms with Crippen LogP contribution in [-0.4, -0.2) is 59.4 Å². The van der Waals surface area contributed by atoms with Crippen LogP contribution in [0.15, 0.2) is 0 Å². The minimum absolute atomic E-state index is 0. The molecule has 0 aliphatic heterocycles. The molecule has 0 atom stereocenters. The molecule has 0 fully saturated rings. The zero-order valence-corrected chi connectivity index (χ0v) is 2.09. The Morgan fingerprint density at radius 3 is 0.500 bits per heavy atom. The maximum atomic E-state index is 0. The molecule has 26 valence electrons. The van der Waals surface area contributed by atoms with Crippen molar-refractivity contribution in [2.45, 2.75) is 0 Å². The Balaban J connectivity index is 0. The van der Waals surface area contributed by atoms with Crippen LogP contribution in [0, 0.1) is 0 Å². The third-order valence-corrected chi connectivity index (χ3v) is 0. The van der Waals surface area contributed by atoms with E-state index in [4.69, 9.17) is 0 Å². The van der Waals surface area contributed by atoms with E-state index >= 15 is 0 Å². The van der Waals surface area contributed by atoms with Gasteiger partial charge < -0.3 is 0 Å². The first-order valence-electron chi connectivity index (χ1n) is 0. The summed E-state index contributed by atoms with van der Waals surface area (Å²) in [7, 11) is 0. The van der Waals surface area contributed by atoms with Crippen molar-refractivity contribution in [1.82, 2.24) is 0 Å². The molecule has 0 unspecified atom stereocenters. The Kier molecular flexibility index (Phi) is 138. The molecular weight excluding hydrogens is 310 g/mol. The minimum Gasteiger partial charge on any atom is 0 e. The number of hydrogen-bond donors (Lipinski definition) is 0. The van der Waals surface area contributed by atoms with Gasteiger partial charge in [0.1, 0.15) is 0 Å². The normalized spacial score (nSPS) is 0. The maximum absolute atomic E-state index is 0. The summed E-state index contributed by atoms with van der Waals surface area (Å²) < 4.78 is 0. The van der Waals surface area contributed by atoms with Gasteiger partial charge in [-0.25, -0.2) is 0 Å². The van der Waals surface area contributed by atoms with Gasteiger partial charge in [-0.05, 0) is 0 Å². The minimum atomic E-state index is 0. The van der Waals surface area contributed by atoms with Crippen molar-refractivity contribution in [3.05, 3.63) is 0 Å². The Morgan fingerprint density at radius 1 is 0.500 bits per heavy atom. The fourth-order valence-corrected chi connectivity index (χ4v) is 0. The molecule has 4 heavy (non-hydrogen) atoms. The zero-order chi connectivity index (χ0) is 0. The quantitative estimate of drug-likeness (QED) is 0.406. The third-order valence-electron chi connectivity index (χ3n) is 0. The predicted molar refractivity (Wildman–Crippen MR) is 29.8 cm³/mol.